The van der Waals surface area contributed by atoms with Crippen molar-refractivity contribution in [2.45, 2.75) is 31.9 Å². The number of hydrogen-bond acceptors (Lipinski definition) is 4. The lowest BCUT2D eigenvalue weighted by Crippen LogP contribution is -2.29. The summed E-state index contributed by atoms with van der Waals surface area (Å²) in [4.78, 5) is 12.7. The molecule has 0 fully saturated rings. The van der Waals surface area contributed by atoms with Crippen LogP contribution in [0.1, 0.15) is 41.4 Å². The van der Waals surface area contributed by atoms with Gasteiger partial charge in [0.25, 0.3) is 5.91 Å². The molecule has 0 spiro atoms. The predicted octanol–water partition coefficient (Wildman–Crippen LogP) is 3.93. The molecule has 1 amide bonds. The van der Waals surface area contributed by atoms with E-state index in [4.69, 9.17) is 5.84 Å². The van der Waals surface area contributed by atoms with Gasteiger partial charge in [-0.1, -0.05) is 38.0 Å². The quantitative estimate of drug-likeness (QED) is 0.353. The SMILES string of the molecule is CCCCCSCc1c(C(=O)NN)sc2ccccc12. The van der Waals surface area contributed by atoms with Gasteiger partial charge in [0.05, 0.1) is 4.88 Å². The second-order valence-corrected chi connectivity index (χ2v) is 6.80. The lowest BCUT2D eigenvalue weighted by Gasteiger charge is -2.04. The van der Waals surface area contributed by atoms with Crippen LogP contribution in [0.2, 0.25) is 0 Å². The summed E-state index contributed by atoms with van der Waals surface area (Å²) in [6.45, 7) is 2.21. The molecule has 0 saturated carbocycles. The minimum atomic E-state index is -0.185. The molecule has 2 aromatic rings. The maximum atomic E-state index is 11.9. The number of amides is 1. The van der Waals surface area contributed by atoms with Crippen LogP contribution >= 0.6 is 23.1 Å². The van der Waals surface area contributed by atoms with E-state index in [2.05, 4.69) is 24.5 Å². The molecule has 1 heterocycles. The normalized spacial score (nSPS) is 10.9. The lowest BCUT2D eigenvalue weighted by molar-refractivity contribution is 0.0957. The molecule has 0 radical (unpaired) electrons. The molecule has 5 heteroatoms. The predicted molar refractivity (Wildman–Crippen MR) is 89.2 cm³/mol. The van der Waals surface area contributed by atoms with Crippen LogP contribution in [0.25, 0.3) is 10.1 Å². The fourth-order valence-corrected chi connectivity index (χ4v) is 4.39. The highest BCUT2D eigenvalue weighted by Gasteiger charge is 2.17. The van der Waals surface area contributed by atoms with Crippen LogP contribution in [0, 0.1) is 0 Å². The van der Waals surface area contributed by atoms with Crippen molar-refractivity contribution in [3.63, 3.8) is 0 Å². The number of unbranched alkanes of at least 4 members (excludes halogenated alkanes) is 2. The zero-order chi connectivity index (χ0) is 14.4. The summed E-state index contributed by atoms with van der Waals surface area (Å²) in [6, 6.07) is 8.16. The number of nitrogen functional groups attached to an aromatic ring is 1. The number of thiophene rings is 1. The second kappa shape index (κ2) is 7.67. The highest BCUT2D eigenvalue weighted by atomic mass is 32.2. The maximum absolute atomic E-state index is 11.9. The number of fused-ring (bicyclic) bond motifs is 1. The Morgan fingerprint density at radius 2 is 2.15 bits per heavy atom. The van der Waals surface area contributed by atoms with Crippen molar-refractivity contribution >= 4 is 39.1 Å². The third-order valence-corrected chi connectivity index (χ3v) is 5.46. The van der Waals surface area contributed by atoms with Gasteiger partial charge in [0, 0.05) is 10.5 Å². The molecule has 2 rings (SSSR count). The highest BCUT2D eigenvalue weighted by Crippen LogP contribution is 2.33. The van der Waals surface area contributed by atoms with Crippen LogP contribution in [0.5, 0.6) is 0 Å². The molecule has 108 valence electrons. The van der Waals surface area contributed by atoms with Gasteiger partial charge in [-0.15, -0.1) is 11.3 Å². The van der Waals surface area contributed by atoms with E-state index in [0.29, 0.717) is 0 Å². The van der Waals surface area contributed by atoms with Crippen molar-refractivity contribution in [3.05, 3.63) is 34.7 Å². The molecule has 3 nitrogen and oxygen atoms in total. The van der Waals surface area contributed by atoms with Crippen LogP contribution in [-0.4, -0.2) is 11.7 Å². The first-order valence-corrected chi connectivity index (χ1v) is 8.84. The van der Waals surface area contributed by atoms with Crippen LogP contribution < -0.4 is 11.3 Å². The molecule has 0 atom stereocenters. The van der Waals surface area contributed by atoms with Gasteiger partial charge in [-0.05, 0) is 29.2 Å². The van der Waals surface area contributed by atoms with Crippen molar-refractivity contribution in [2.75, 3.05) is 5.75 Å². The Bertz CT molecular complexity index is 580. The molecule has 0 aliphatic heterocycles. The average Bonchev–Trinajstić information content (AvgIpc) is 2.85. The summed E-state index contributed by atoms with van der Waals surface area (Å²) < 4.78 is 1.15. The fraction of sp³-hybridized carbons (Fsp3) is 0.400. The van der Waals surface area contributed by atoms with Crippen molar-refractivity contribution < 1.29 is 4.79 Å². The van der Waals surface area contributed by atoms with E-state index in [1.807, 2.05) is 23.9 Å². The van der Waals surface area contributed by atoms with Gasteiger partial charge in [0.15, 0.2) is 0 Å². The first kappa shape index (κ1) is 15.4. The molecule has 20 heavy (non-hydrogen) atoms. The monoisotopic (exact) mass is 308 g/mol. The fourth-order valence-electron chi connectivity index (χ4n) is 2.12. The number of hydrazine groups is 1. The maximum Gasteiger partial charge on any atom is 0.275 e. The average molecular weight is 308 g/mol. The lowest BCUT2D eigenvalue weighted by atomic mass is 10.1. The van der Waals surface area contributed by atoms with Gasteiger partial charge >= 0.3 is 0 Å². The second-order valence-electron chi connectivity index (χ2n) is 4.64. The molecular formula is C15H20N2OS2. The zero-order valence-electron chi connectivity index (χ0n) is 11.6. The van der Waals surface area contributed by atoms with E-state index in [0.717, 1.165) is 26.6 Å². The summed E-state index contributed by atoms with van der Waals surface area (Å²) in [6.07, 6.45) is 3.75. The smallest absolute Gasteiger partial charge is 0.275 e. The minimum absolute atomic E-state index is 0.185. The van der Waals surface area contributed by atoms with Crippen LogP contribution in [0.15, 0.2) is 24.3 Å². The summed E-state index contributed by atoms with van der Waals surface area (Å²) in [5.74, 6) is 7.12. The van der Waals surface area contributed by atoms with Crippen molar-refractivity contribution in [1.29, 1.82) is 0 Å². The first-order chi connectivity index (χ1) is 9.77. The molecule has 0 unspecified atom stereocenters. The van der Waals surface area contributed by atoms with Crippen molar-refractivity contribution in [2.24, 2.45) is 5.84 Å². The third-order valence-electron chi connectivity index (χ3n) is 3.17. The Labute approximate surface area is 127 Å². The molecule has 0 aliphatic rings. The van der Waals surface area contributed by atoms with Gasteiger partial charge in [-0.3, -0.25) is 10.2 Å². The molecular weight excluding hydrogens is 288 g/mol. The zero-order valence-corrected chi connectivity index (χ0v) is 13.3. The number of carbonyl (C=O) groups is 1. The van der Waals surface area contributed by atoms with E-state index in [1.54, 1.807) is 0 Å². The van der Waals surface area contributed by atoms with Gasteiger partial charge in [-0.25, -0.2) is 5.84 Å². The number of thioether (sulfide) groups is 1. The largest absolute Gasteiger partial charge is 0.289 e. The molecule has 1 aromatic heterocycles. The van der Waals surface area contributed by atoms with Gasteiger partial charge in [0.2, 0.25) is 0 Å². The summed E-state index contributed by atoms with van der Waals surface area (Å²) in [7, 11) is 0. The van der Waals surface area contributed by atoms with E-state index in [-0.39, 0.29) is 5.91 Å². The number of rotatable bonds is 7. The van der Waals surface area contributed by atoms with Crippen molar-refractivity contribution in [3.8, 4) is 0 Å². The number of benzene rings is 1. The Morgan fingerprint density at radius 1 is 1.35 bits per heavy atom. The van der Waals surface area contributed by atoms with Crippen LogP contribution in [0.3, 0.4) is 0 Å². The number of nitrogens with two attached hydrogens (primary N) is 1. The third kappa shape index (κ3) is 3.53. The van der Waals surface area contributed by atoms with Crippen molar-refractivity contribution in [1.82, 2.24) is 5.43 Å². The highest BCUT2D eigenvalue weighted by molar-refractivity contribution is 7.98. The van der Waals surface area contributed by atoms with Crippen LogP contribution in [0.4, 0.5) is 0 Å². The van der Waals surface area contributed by atoms with E-state index < -0.39 is 0 Å². The molecule has 3 N–H and O–H groups in total. The number of hydrogen-bond donors (Lipinski definition) is 2. The minimum Gasteiger partial charge on any atom is -0.289 e. The molecule has 0 aliphatic carbocycles. The molecule has 1 aromatic carbocycles. The van der Waals surface area contributed by atoms with Gasteiger partial charge in [0.1, 0.15) is 0 Å². The summed E-state index contributed by atoms with van der Waals surface area (Å²) >= 11 is 3.41. The molecule has 0 bridgehead atoms. The Kier molecular flexibility index (Phi) is 5.88. The van der Waals surface area contributed by atoms with Crippen LogP contribution in [-0.2, 0) is 5.75 Å². The standard InChI is InChI=1S/C15H20N2OS2/c1-2-3-6-9-19-10-12-11-7-4-5-8-13(11)20-14(12)15(18)17-16/h4-5,7-8H,2-3,6,9-10,16H2,1H3,(H,17,18). The topological polar surface area (TPSA) is 55.1 Å². The first-order valence-electron chi connectivity index (χ1n) is 6.87. The van der Waals surface area contributed by atoms with Gasteiger partial charge < -0.3 is 0 Å². The Balaban J connectivity index is 2.18. The number of carbonyl (C=O) groups excluding carboxylic acids is 1. The summed E-state index contributed by atoms with van der Waals surface area (Å²) in [5, 5.41) is 1.18. The van der Waals surface area contributed by atoms with E-state index in [1.165, 1.54) is 36.0 Å². The summed E-state index contributed by atoms with van der Waals surface area (Å²) in [5.41, 5.74) is 3.38. The van der Waals surface area contributed by atoms with E-state index >= 15 is 0 Å². The van der Waals surface area contributed by atoms with Gasteiger partial charge in [-0.2, -0.15) is 11.8 Å². The Morgan fingerprint density at radius 3 is 2.90 bits per heavy atom. The number of nitrogens with one attached hydrogen (secondary N) is 1. The molecule has 0 saturated heterocycles. The van der Waals surface area contributed by atoms with E-state index in [9.17, 15) is 4.79 Å². The Hall–Kier alpha value is -1.04.